The van der Waals surface area contributed by atoms with Gasteiger partial charge in [0, 0.05) is 0 Å². The molecule has 110 valence electrons. The van der Waals surface area contributed by atoms with Crippen molar-refractivity contribution < 1.29 is 19.1 Å². The summed E-state index contributed by atoms with van der Waals surface area (Å²) in [5, 5.41) is 0. The number of carbonyl (C=O) groups is 2. The van der Waals surface area contributed by atoms with Crippen LogP contribution in [0.15, 0.2) is 12.2 Å². The molecule has 0 rings (SSSR count). The van der Waals surface area contributed by atoms with E-state index in [1.165, 1.54) is 0 Å². The molecule has 0 aliphatic rings. The quantitative estimate of drug-likeness (QED) is 0.366. The second-order valence-electron chi connectivity index (χ2n) is 4.33. The topological polar surface area (TPSA) is 52.6 Å². The molecule has 0 aromatic carbocycles. The highest BCUT2D eigenvalue weighted by Gasteiger charge is 2.45. The predicted octanol–water partition coefficient (Wildman–Crippen LogP) is 3.26. The molecule has 0 saturated heterocycles. The number of hydrogen-bond acceptors (Lipinski definition) is 4. The van der Waals surface area contributed by atoms with Crippen molar-refractivity contribution in [3.63, 3.8) is 0 Å². The van der Waals surface area contributed by atoms with Crippen molar-refractivity contribution >= 4 is 11.9 Å². The molecule has 0 amide bonds. The Bertz CT molecular complexity index is 289. The minimum Gasteiger partial charge on any atom is -0.465 e. The molecule has 0 heterocycles. The summed E-state index contributed by atoms with van der Waals surface area (Å²) in [6.45, 7) is 7.95. The van der Waals surface area contributed by atoms with Crippen LogP contribution in [0.5, 0.6) is 0 Å². The Balaban J connectivity index is 5.35. The van der Waals surface area contributed by atoms with E-state index in [1.54, 1.807) is 19.9 Å². The highest BCUT2D eigenvalue weighted by molar-refractivity contribution is 6.02. The lowest BCUT2D eigenvalue weighted by Gasteiger charge is -2.26. The smallest absolute Gasteiger partial charge is 0.327 e. The molecule has 0 N–H and O–H groups in total. The van der Waals surface area contributed by atoms with Crippen molar-refractivity contribution in [2.24, 2.45) is 5.41 Å². The van der Waals surface area contributed by atoms with Gasteiger partial charge in [-0.2, -0.15) is 0 Å². The summed E-state index contributed by atoms with van der Waals surface area (Å²) in [7, 11) is 0. The van der Waals surface area contributed by atoms with Crippen molar-refractivity contribution in [2.75, 3.05) is 13.2 Å². The Kier molecular flexibility index (Phi) is 8.92. The zero-order chi connectivity index (χ0) is 14.7. The van der Waals surface area contributed by atoms with Crippen LogP contribution in [0.25, 0.3) is 0 Å². The number of esters is 2. The van der Waals surface area contributed by atoms with Gasteiger partial charge in [0.2, 0.25) is 0 Å². The van der Waals surface area contributed by atoms with Crippen LogP contribution in [0.1, 0.15) is 53.4 Å². The van der Waals surface area contributed by atoms with Gasteiger partial charge in [0.15, 0.2) is 5.41 Å². The zero-order valence-electron chi connectivity index (χ0n) is 12.5. The number of carbonyl (C=O) groups excluding carboxylic acids is 2. The molecule has 19 heavy (non-hydrogen) atoms. The van der Waals surface area contributed by atoms with Crippen molar-refractivity contribution in [3.8, 4) is 0 Å². The maximum absolute atomic E-state index is 12.2. The van der Waals surface area contributed by atoms with Gasteiger partial charge in [-0.3, -0.25) is 9.59 Å². The van der Waals surface area contributed by atoms with Crippen LogP contribution in [0.3, 0.4) is 0 Å². The van der Waals surface area contributed by atoms with Crippen molar-refractivity contribution in [2.45, 2.75) is 53.4 Å². The monoisotopic (exact) mass is 270 g/mol. The summed E-state index contributed by atoms with van der Waals surface area (Å²) in [5.41, 5.74) is -1.28. The van der Waals surface area contributed by atoms with E-state index in [0.29, 0.717) is 6.42 Å². The van der Waals surface area contributed by atoms with E-state index in [-0.39, 0.29) is 13.2 Å². The molecule has 0 aromatic rings. The number of rotatable bonds is 9. The van der Waals surface area contributed by atoms with E-state index in [0.717, 1.165) is 19.3 Å². The molecule has 0 aromatic heterocycles. The van der Waals surface area contributed by atoms with Gasteiger partial charge in [-0.1, -0.05) is 38.8 Å². The molecule has 0 bridgehead atoms. The van der Waals surface area contributed by atoms with Crippen LogP contribution < -0.4 is 0 Å². The van der Waals surface area contributed by atoms with Gasteiger partial charge >= 0.3 is 11.9 Å². The third-order valence-corrected chi connectivity index (χ3v) is 2.84. The van der Waals surface area contributed by atoms with Crippen LogP contribution >= 0.6 is 0 Å². The van der Waals surface area contributed by atoms with Gasteiger partial charge in [-0.05, 0) is 26.7 Å². The number of ether oxygens (including phenoxy) is 2. The molecule has 0 fully saturated rings. The molecule has 4 nitrogen and oxygen atoms in total. The first-order valence-corrected chi connectivity index (χ1v) is 7.11. The molecule has 0 saturated carbocycles. The normalized spacial score (nSPS) is 11.6. The number of hydrogen-bond donors (Lipinski definition) is 0. The third kappa shape index (κ3) is 5.05. The summed E-state index contributed by atoms with van der Waals surface area (Å²) in [4.78, 5) is 24.4. The van der Waals surface area contributed by atoms with Crippen LogP contribution in [-0.2, 0) is 19.1 Å². The fourth-order valence-electron chi connectivity index (χ4n) is 1.80. The fourth-order valence-corrected chi connectivity index (χ4v) is 1.80. The zero-order valence-corrected chi connectivity index (χ0v) is 12.5. The van der Waals surface area contributed by atoms with Gasteiger partial charge in [0.25, 0.3) is 0 Å². The highest BCUT2D eigenvalue weighted by atomic mass is 16.6. The molecule has 0 radical (unpaired) electrons. The molecular weight excluding hydrogens is 244 g/mol. The molecule has 0 spiro atoms. The molecule has 0 aliphatic heterocycles. The van der Waals surface area contributed by atoms with Crippen molar-refractivity contribution in [3.05, 3.63) is 12.2 Å². The van der Waals surface area contributed by atoms with Gasteiger partial charge in [0.1, 0.15) is 0 Å². The average molecular weight is 270 g/mol. The Morgan fingerprint density at radius 2 is 1.53 bits per heavy atom. The van der Waals surface area contributed by atoms with Crippen LogP contribution in [0.4, 0.5) is 0 Å². The lowest BCUT2D eigenvalue weighted by molar-refractivity contribution is -0.168. The van der Waals surface area contributed by atoms with Crippen LogP contribution in [-0.4, -0.2) is 25.2 Å². The summed E-state index contributed by atoms with van der Waals surface area (Å²) in [6.07, 6.45) is 6.33. The first kappa shape index (κ1) is 17.7. The Morgan fingerprint density at radius 3 is 1.89 bits per heavy atom. The largest absolute Gasteiger partial charge is 0.465 e. The van der Waals surface area contributed by atoms with E-state index in [1.807, 2.05) is 19.9 Å². The first-order chi connectivity index (χ1) is 9.08. The van der Waals surface area contributed by atoms with Crippen LogP contribution in [0, 0.1) is 5.41 Å². The Labute approximate surface area is 116 Å². The van der Waals surface area contributed by atoms with E-state index < -0.39 is 17.4 Å². The summed E-state index contributed by atoms with van der Waals surface area (Å²) < 4.78 is 10.2. The van der Waals surface area contributed by atoms with Gasteiger partial charge < -0.3 is 9.47 Å². The van der Waals surface area contributed by atoms with Crippen molar-refractivity contribution in [1.82, 2.24) is 0 Å². The second-order valence-corrected chi connectivity index (χ2v) is 4.33. The predicted molar refractivity (Wildman–Crippen MR) is 74.7 cm³/mol. The Hall–Kier alpha value is -1.32. The highest BCUT2D eigenvalue weighted by Crippen LogP contribution is 2.31. The number of allylic oxidation sites excluding steroid dienone is 1. The van der Waals surface area contributed by atoms with Crippen molar-refractivity contribution in [1.29, 1.82) is 0 Å². The minimum atomic E-state index is -1.28. The summed E-state index contributed by atoms with van der Waals surface area (Å²) in [6, 6.07) is 0. The molecule has 4 heteroatoms. The van der Waals surface area contributed by atoms with Gasteiger partial charge in [-0.15, -0.1) is 0 Å². The molecular formula is C15H26O4. The first-order valence-electron chi connectivity index (χ1n) is 7.11. The molecule has 0 atom stereocenters. The van der Waals surface area contributed by atoms with E-state index in [9.17, 15) is 9.59 Å². The second kappa shape index (κ2) is 9.59. The maximum atomic E-state index is 12.2. The van der Waals surface area contributed by atoms with E-state index in [4.69, 9.17) is 9.47 Å². The summed E-state index contributed by atoms with van der Waals surface area (Å²) in [5.74, 6) is -1.02. The lowest BCUT2D eigenvalue weighted by atomic mass is 9.82. The lowest BCUT2D eigenvalue weighted by Crippen LogP contribution is -2.40. The molecule has 0 unspecified atom stereocenters. The van der Waals surface area contributed by atoms with E-state index in [2.05, 4.69) is 0 Å². The minimum absolute atomic E-state index is 0.256. The number of unbranched alkanes of at least 4 members (excludes halogenated alkanes) is 1. The molecule has 0 aliphatic carbocycles. The SMILES string of the molecule is CC/C=C\C(CCCC)(C(=O)OCC)C(=O)OCC. The maximum Gasteiger partial charge on any atom is 0.327 e. The summed E-state index contributed by atoms with van der Waals surface area (Å²) >= 11 is 0. The third-order valence-electron chi connectivity index (χ3n) is 2.84. The Morgan fingerprint density at radius 1 is 1.00 bits per heavy atom. The average Bonchev–Trinajstić information content (AvgIpc) is 2.40. The standard InChI is InChI=1S/C15H26O4/c1-5-9-11-15(12-10-6-2,13(16)18-7-3)14(17)19-8-4/h9,11H,5-8,10,12H2,1-4H3/b11-9-. The van der Waals surface area contributed by atoms with E-state index >= 15 is 0 Å². The van der Waals surface area contributed by atoms with Crippen LogP contribution in [0.2, 0.25) is 0 Å². The fraction of sp³-hybridized carbons (Fsp3) is 0.733. The van der Waals surface area contributed by atoms with Gasteiger partial charge in [0.05, 0.1) is 13.2 Å². The van der Waals surface area contributed by atoms with Gasteiger partial charge in [-0.25, -0.2) is 0 Å².